The van der Waals surface area contributed by atoms with Gasteiger partial charge in [-0.3, -0.25) is 0 Å². The second kappa shape index (κ2) is 4.15. The average molecular weight is 163 g/mol. The molecule has 1 aliphatic rings. The zero-order valence-corrected chi connectivity index (χ0v) is 7.93. The predicted molar refractivity (Wildman–Crippen MR) is 53.6 cm³/mol. The summed E-state index contributed by atoms with van der Waals surface area (Å²) in [4.78, 5) is 0. The van der Waals surface area contributed by atoms with Gasteiger partial charge in [0.25, 0.3) is 0 Å². The van der Waals surface area contributed by atoms with Crippen molar-refractivity contribution in [3.63, 3.8) is 0 Å². The quantitative estimate of drug-likeness (QED) is 0.622. The van der Waals surface area contributed by atoms with Crippen LogP contribution < -0.4 is 5.73 Å². The molecule has 0 aliphatic heterocycles. The van der Waals surface area contributed by atoms with E-state index in [1.54, 1.807) is 0 Å². The molecule has 1 aliphatic carbocycles. The molecule has 12 heavy (non-hydrogen) atoms. The van der Waals surface area contributed by atoms with Gasteiger partial charge in [0, 0.05) is 5.70 Å². The van der Waals surface area contributed by atoms with Gasteiger partial charge in [-0.25, -0.2) is 0 Å². The Kier molecular flexibility index (Phi) is 3.15. The second-order valence-electron chi connectivity index (χ2n) is 3.29. The molecule has 0 heterocycles. The molecular formula is C11H17N. The minimum absolute atomic E-state index is 1.08. The molecule has 0 atom stereocenters. The number of nitrogens with two attached hydrogens (primary N) is 1. The third-order valence-electron chi connectivity index (χ3n) is 2.14. The Morgan fingerprint density at radius 3 is 2.67 bits per heavy atom. The number of hydrogen-bond donors (Lipinski definition) is 1. The van der Waals surface area contributed by atoms with Gasteiger partial charge in [-0.05, 0) is 38.7 Å². The minimum Gasteiger partial charge on any atom is -0.402 e. The Bertz CT molecular complexity index is 244. The van der Waals surface area contributed by atoms with Crippen molar-refractivity contribution < 1.29 is 0 Å². The lowest BCUT2D eigenvalue weighted by Gasteiger charge is -1.97. The van der Waals surface area contributed by atoms with E-state index in [2.05, 4.69) is 25.2 Å². The standard InChI is InChI=1S/C11H17N/c1-3-5-9(2)8-10-6-4-7-11(10)12/h3,5,8H,4,6-7,12H2,1-2H3/b5-3-,9-8-. The van der Waals surface area contributed by atoms with E-state index in [1.807, 2.05) is 6.92 Å². The molecule has 0 aromatic rings. The second-order valence-corrected chi connectivity index (χ2v) is 3.29. The van der Waals surface area contributed by atoms with E-state index in [-0.39, 0.29) is 0 Å². The molecule has 0 amide bonds. The highest BCUT2D eigenvalue weighted by Crippen LogP contribution is 2.24. The lowest BCUT2D eigenvalue weighted by atomic mass is 10.1. The number of rotatable bonds is 2. The van der Waals surface area contributed by atoms with Crippen molar-refractivity contribution in [1.29, 1.82) is 0 Å². The highest BCUT2D eigenvalue weighted by Gasteiger charge is 2.08. The summed E-state index contributed by atoms with van der Waals surface area (Å²) in [5.41, 5.74) is 9.54. The summed E-state index contributed by atoms with van der Waals surface area (Å²) in [7, 11) is 0. The Morgan fingerprint density at radius 2 is 2.17 bits per heavy atom. The zero-order valence-electron chi connectivity index (χ0n) is 7.93. The highest BCUT2D eigenvalue weighted by molar-refractivity contribution is 5.33. The van der Waals surface area contributed by atoms with E-state index in [1.165, 1.54) is 17.6 Å². The van der Waals surface area contributed by atoms with Crippen molar-refractivity contribution >= 4 is 0 Å². The molecule has 0 saturated heterocycles. The molecule has 0 radical (unpaired) electrons. The molecule has 1 heteroatoms. The van der Waals surface area contributed by atoms with E-state index >= 15 is 0 Å². The lowest BCUT2D eigenvalue weighted by molar-refractivity contribution is 0.893. The topological polar surface area (TPSA) is 26.0 Å². The molecule has 66 valence electrons. The molecule has 0 saturated carbocycles. The van der Waals surface area contributed by atoms with Crippen LogP contribution in [0.25, 0.3) is 0 Å². The molecule has 1 rings (SSSR count). The molecule has 0 spiro atoms. The van der Waals surface area contributed by atoms with E-state index < -0.39 is 0 Å². The molecular weight excluding hydrogens is 146 g/mol. The van der Waals surface area contributed by atoms with Crippen molar-refractivity contribution in [2.24, 2.45) is 5.73 Å². The van der Waals surface area contributed by atoms with Crippen molar-refractivity contribution in [2.45, 2.75) is 33.1 Å². The van der Waals surface area contributed by atoms with Crippen molar-refractivity contribution in [3.8, 4) is 0 Å². The summed E-state index contributed by atoms with van der Waals surface area (Å²) >= 11 is 0. The van der Waals surface area contributed by atoms with Crippen molar-refractivity contribution in [2.75, 3.05) is 0 Å². The fourth-order valence-corrected chi connectivity index (χ4v) is 1.54. The van der Waals surface area contributed by atoms with Gasteiger partial charge in [0.05, 0.1) is 0 Å². The van der Waals surface area contributed by atoms with Crippen LogP contribution in [0.5, 0.6) is 0 Å². The van der Waals surface area contributed by atoms with Crippen LogP contribution in [0.2, 0.25) is 0 Å². The molecule has 0 unspecified atom stereocenters. The van der Waals surface area contributed by atoms with Crippen LogP contribution in [0.3, 0.4) is 0 Å². The third-order valence-corrected chi connectivity index (χ3v) is 2.14. The van der Waals surface area contributed by atoms with Crippen molar-refractivity contribution in [3.05, 3.63) is 35.1 Å². The lowest BCUT2D eigenvalue weighted by Crippen LogP contribution is -1.94. The molecule has 0 fully saturated rings. The number of allylic oxidation sites excluding steroid dienone is 6. The maximum Gasteiger partial charge on any atom is 0.0113 e. The average Bonchev–Trinajstić information content (AvgIpc) is 2.37. The van der Waals surface area contributed by atoms with E-state index in [4.69, 9.17) is 5.73 Å². The maximum absolute atomic E-state index is 5.83. The Hall–Kier alpha value is -0.980. The summed E-state index contributed by atoms with van der Waals surface area (Å²) in [5.74, 6) is 0. The first-order valence-corrected chi connectivity index (χ1v) is 4.52. The van der Waals surface area contributed by atoms with Crippen molar-refractivity contribution in [1.82, 2.24) is 0 Å². The number of hydrogen-bond acceptors (Lipinski definition) is 1. The third kappa shape index (κ3) is 2.26. The smallest absolute Gasteiger partial charge is 0.0113 e. The van der Waals surface area contributed by atoms with Gasteiger partial charge in [-0.2, -0.15) is 0 Å². The first-order chi connectivity index (χ1) is 5.74. The highest BCUT2D eigenvalue weighted by atomic mass is 14.6. The summed E-state index contributed by atoms with van der Waals surface area (Å²) in [6, 6.07) is 0. The van der Waals surface area contributed by atoms with Gasteiger partial charge in [0.2, 0.25) is 0 Å². The monoisotopic (exact) mass is 163 g/mol. The summed E-state index contributed by atoms with van der Waals surface area (Å²) in [6.45, 7) is 4.14. The first-order valence-electron chi connectivity index (χ1n) is 4.52. The SMILES string of the molecule is C/C=C\C(C)=C/C1=C(N)CCC1. The van der Waals surface area contributed by atoms with Gasteiger partial charge >= 0.3 is 0 Å². The van der Waals surface area contributed by atoms with Crippen LogP contribution in [-0.2, 0) is 0 Å². The Balaban J connectivity index is 2.72. The summed E-state index contributed by atoms with van der Waals surface area (Å²) in [5, 5.41) is 0. The van der Waals surface area contributed by atoms with Gasteiger partial charge in [0.1, 0.15) is 0 Å². The largest absolute Gasteiger partial charge is 0.402 e. The van der Waals surface area contributed by atoms with E-state index in [0.717, 1.165) is 18.5 Å². The van der Waals surface area contributed by atoms with Crippen LogP contribution in [0.15, 0.2) is 35.1 Å². The molecule has 1 nitrogen and oxygen atoms in total. The van der Waals surface area contributed by atoms with E-state index in [9.17, 15) is 0 Å². The Labute approximate surface area is 74.7 Å². The van der Waals surface area contributed by atoms with E-state index in [0.29, 0.717) is 0 Å². The van der Waals surface area contributed by atoms with Gasteiger partial charge in [0.15, 0.2) is 0 Å². The molecule has 2 N–H and O–H groups in total. The van der Waals surface area contributed by atoms with Gasteiger partial charge < -0.3 is 5.73 Å². The zero-order chi connectivity index (χ0) is 8.97. The fraction of sp³-hybridized carbons (Fsp3) is 0.455. The summed E-state index contributed by atoms with van der Waals surface area (Å²) < 4.78 is 0. The van der Waals surface area contributed by atoms with Gasteiger partial charge in [-0.15, -0.1) is 0 Å². The predicted octanol–water partition coefficient (Wildman–Crippen LogP) is 2.91. The fourth-order valence-electron chi connectivity index (χ4n) is 1.54. The Morgan fingerprint density at radius 1 is 1.42 bits per heavy atom. The van der Waals surface area contributed by atoms with Crippen LogP contribution in [-0.4, -0.2) is 0 Å². The molecule has 0 aromatic carbocycles. The van der Waals surface area contributed by atoms with Crippen LogP contribution in [0.4, 0.5) is 0 Å². The van der Waals surface area contributed by atoms with Crippen LogP contribution in [0, 0.1) is 0 Å². The minimum atomic E-state index is 1.08. The first kappa shape index (κ1) is 9.11. The molecule has 0 bridgehead atoms. The van der Waals surface area contributed by atoms with Crippen LogP contribution >= 0.6 is 0 Å². The van der Waals surface area contributed by atoms with Gasteiger partial charge in [-0.1, -0.05) is 23.8 Å². The maximum atomic E-state index is 5.83. The normalized spacial score (nSPS) is 19.7. The molecule has 0 aromatic heterocycles. The van der Waals surface area contributed by atoms with Crippen LogP contribution in [0.1, 0.15) is 33.1 Å². The summed E-state index contributed by atoms with van der Waals surface area (Å²) in [6.07, 6.45) is 9.81.